The molecule has 1 fully saturated rings. The van der Waals surface area contributed by atoms with Crippen molar-refractivity contribution in [2.24, 2.45) is 5.92 Å². The summed E-state index contributed by atoms with van der Waals surface area (Å²) in [6, 6.07) is 5.62. The summed E-state index contributed by atoms with van der Waals surface area (Å²) in [4.78, 5) is 10.7. The highest BCUT2D eigenvalue weighted by Gasteiger charge is 2.20. The molecule has 2 heteroatoms. The molecule has 0 bridgehead atoms. The molecule has 0 N–H and O–H groups in total. The molecule has 1 saturated carbocycles. The Morgan fingerprint density at radius 1 is 1.35 bits per heavy atom. The van der Waals surface area contributed by atoms with E-state index in [1.165, 1.54) is 12.8 Å². The molecule has 1 aliphatic rings. The predicted molar refractivity (Wildman–Crippen MR) is 68.6 cm³/mol. The summed E-state index contributed by atoms with van der Waals surface area (Å²) in [6.45, 7) is 4.28. The van der Waals surface area contributed by atoms with Gasteiger partial charge in [0.05, 0.1) is 6.10 Å². The second-order valence-corrected chi connectivity index (χ2v) is 5.15. The van der Waals surface area contributed by atoms with Crippen LogP contribution in [0, 0.1) is 12.8 Å². The van der Waals surface area contributed by atoms with Crippen molar-refractivity contribution in [1.82, 2.24) is 0 Å². The van der Waals surface area contributed by atoms with E-state index in [4.69, 9.17) is 4.74 Å². The fourth-order valence-corrected chi connectivity index (χ4v) is 2.54. The quantitative estimate of drug-likeness (QED) is 0.742. The van der Waals surface area contributed by atoms with Crippen LogP contribution in [0.5, 0.6) is 5.75 Å². The van der Waals surface area contributed by atoms with Gasteiger partial charge in [-0.05, 0) is 55.9 Å². The number of carbonyl (C=O) groups is 1. The smallest absolute Gasteiger partial charge is 0.150 e. The first-order valence-corrected chi connectivity index (χ1v) is 6.41. The van der Waals surface area contributed by atoms with Crippen LogP contribution >= 0.6 is 0 Å². The van der Waals surface area contributed by atoms with Gasteiger partial charge in [-0.3, -0.25) is 4.79 Å². The van der Waals surface area contributed by atoms with Gasteiger partial charge >= 0.3 is 0 Å². The van der Waals surface area contributed by atoms with E-state index in [9.17, 15) is 4.79 Å². The third-order valence-corrected chi connectivity index (χ3v) is 3.52. The first-order valence-electron chi connectivity index (χ1n) is 6.41. The van der Waals surface area contributed by atoms with Crippen molar-refractivity contribution in [3.05, 3.63) is 29.3 Å². The van der Waals surface area contributed by atoms with Gasteiger partial charge in [0.1, 0.15) is 12.0 Å². The molecule has 2 nitrogen and oxygen atoms in total. The summed E-state index contributed by atoms with van der Waals surface area (Å²) >= 11 is 0. The Balaban J connectivity index is 2.05. The third kappa shape index (κ3) is 3.09. The van der Waals surface area contributed by atoms with E-state index in [0.29, 0.717) is 11.7 Å². The van der Waals surface area contributed by atoms with Crippen LogP contribution in [0.4, 0.5) is 0 Å². The summed E-state index contributed by atoms with van der Waals surface area (Å²) in [7, 11) is 0. The van der Waals surface area contributed by atoms with Gasteiger partial charge < -0.3 is 4.74 Å². The highest BCUT2D eigenvalue weighted by atomic mass is 16.5. The Morgan fingerprint density at radius 2 is 2.18 bits per heavy atom. The molecule has 2 rings (SSSR count). The molecule has 92 valence electrons. The van der Waals surface area contributed by atoms with Crippen molar-refractivity contribution in [2.45, 2.75) is 45.6 Å². The molecule has 1 aromatic carbocycles. The zero-order chi connectivity index (χ0) is 12.3. The Morgan fingerprint density at radius 3 is 2.82 bits per heavy atom. The zero-order valence-corrected chi connectivity index (χ0v) is 10.6. The molecule has 2 atom stereocenters. The van der Waals surface area contributed by atoms with Crippen LogP contribution in [0.3, 0.4) is 0 Å². The summed E-state index contributed by atoms with van der Waals surface area (Å²) in [6.07, 6.45) is 6.10. The zero-order valence-electron chi connectivity index (χ0n) is 10.6. The lowest BCUT2D eigenvalue weighted by Crippen LogP contribution is -2.24. The standard InChI is InChI=1S/C15H20O2/c1-11-4-3-5-14(8-11)17-15-7-6-13(10-16)9-12(15)2/h6-7,9-11,14H,3-5,8H2,1-2H3. The molecule has 1 aliphatic carbocycles. The van der Waals surface area contributed by atoms with E-state index >= 15 is 0 Å². The topological polar surface area (TPSA) is 26.3 Å². The van der Waals surface area contributed by atoms with E-state index in [0.717, 1.165) is 36.4 Å². The molecule has 17 heavy (non-hydrogen) atoms. The van der Waals surface area contributed by atoms with E-state index in [-0.39, 0.29) is 0 Å². The fourth-order valence-electron chi connectivity index (χ4n) is 2.54. The van der Waals surface area contributed by atoms with Gasteiger partial charge in [-0.15, -0.1) is 0 Å². The Bertz CT molecular complexity index is 398. The lowest BCUT2D eigenvalue weighted by Gasteiger charge is -2.28. The van der Waals surface area contributed by atoms with Crippen molar-refractivity contribution in [1.29, 1.82) is 0 Å². The molecule has 0 heterocycles. The number of ether oxygens (including phenoxy) is 1. The van der Waals surface area contributed by atoms with Gasteiger partial charge in [0.2, 0.25) is 0 Å². The van der Waals surface area contributed by atoms with Gasteiger partial charge in [-0.2, -0.15) is 0 Å². The number of carbonyl (C=O) groups excluding carboxylic acids is 1. The number of aryl methyl sites for hydroxylation is 1. The summed E-state index contributed by atoms with van der Waals surface area (Å²) in [5, 5.41) is 0. The minimum Gasteiger partial charge on any atom is -0.490 e. The highest BCUT2D eigenvalue weighted by molar-refractivity contribution is 5.75. The Labute approximate surface area is 103 Å². The maximum absolute atomic E-state index is 10.7. The summed E-state index contributed by atoms with van der Waals surface area (Å²) in [5.41, 5.74) is 1.76. The van der Waals surface area contributed by atoms with Gasteiger partial charge in [-0.1, -0.05) is 13.3 Å². The molecule has 0 spiro atoms. The summed E-state index contributed by atoms with van der Waals surface area (Å²) < 4.78 is 6.04. The van der Waals surface area contributed by atoms with Crippen LogP contribution < -0.4 is 4.74 Å². The van der Waals surface area contributed by atoms with Crippen molar-refractivity contribution < 1.29 is 9.53 Å². The molecule has 0 amide bonds. The molecule has 1 aromatic rings. The fraction of sp³-hybridized carbons (Fsp3) is 0.533. The van der Waals surface area contributed by atoms with E-state index in [1.54, 1.807) is 0 Å². The molecule has 0 aliphatic heterocycles. The van der Waals surface area contributed by atoms with Crippen LogP contribution in [-0.2, 0) is 0 Å². The minimum absolute atomic E-state index is 0.347. The summed E-state index contributed by atoms with van der Waals surface area (Å²) in [5.74, 6) is 1.69. The molecule has 2 unspecified atom stereocenters. The largest absolute Gasteiger partial charge is 0.490 e. The van der Waals surface area contributed by atoms with Crippen molar-refractivity contribution >= 4 is 6.29 Å². The Hall–Kier alpha value is -1.31. The molecular weight excluding hydrogens is 212 g/mol. The van der Waals surface area contributed by atoms with Crippen LogP contribution in [0.2, 0.25) is 0 Å². The molecule has 0 aromatic heterocycles. The van der Waals surface area contributed by atoms with Crippen LogP contribution in [0.15, 0.2) is 18.2 Å². The maximum Gasteiger partial charge on any atom is 0.150 e. The minimum atomic E-state index is 0.347. The number of hydrogen-bond acceptors (Lipinski definition) is 2. The molecule has 0 saturated heterocycles. The number of hydrogen-bond donors (Lipinski definition) is 0. The van der Waals surface area contributed by atoms with Crippen molar-refractivity contribution in [2.75, 3.05) is 0 Å². The van der Waals surface area contributed by atoms with E-state index < -0.39 is 0 Å². The Kier molecular flexibility index (Phi) is 3.82. The van der Waals surface area contributed by atoms with Crippen LogP contribution in [-0.4, -0.2) is 12.4 Å². The van der Waals surface area contributed by atoms with Crippen molar-refractivity contribution in [3.63, 3.8) is 0 Å². The van der Waals surface area contributed by atoms with Crippen molar-refractivity contribution in [3.8, 4) is 5.75 Å². The monoisotopic (exact) mass is 232 g/mol. The maximum atomic E-state index is 10.7. The number of aldehydes is 1. The average molecular weight is 232 g/mol. The lowest BCUT2D eigenvalue weighted by molar-refractivity contribution is 0.112. The lowest BCUT2D eigenvalue weighted by atomic mass is 9.88. The van der Waals surface area contributed by atoms with E-state index in [1.807, 2.05) is 25.1 Å². The second kappa shape index (κ2) is 5.35. The van der Waals surface area contributed by atoms with Crippen LogP contribution in [0.1, 0.15) is 48.5 Å². The molecule has 0 radical (unpaired) electrons. The predicted octanol–water partition coefficient (Wildman–Crippen LogP) is 3.77. The van der Waals surface area contributed by atoms with Gasteiger partial charge in [-0.25, -0.2) is 0 Å². The number of benzene rings is 1. The highest BCUT2D eigenvalue weighted by Crippen LogP contribution is 2.28. The van der Waals surface area contributed by atoms with Crippen LogP contribution in [0.25, 0.3) is 0 Å². The second-order valence-electron chi connectivity index (χ2n) is 5.15. The van der Waals surface area contributed by atoms with Gasteiger partial charge in [0.25, 0.3) is 0 Å². The van der Waals surface area contributed by atoms with E-state index in [2.05, 4.69) is 6.92 Å². The first-order chi connectivity index (χ1) is 8.19. The normalized spacial score (nSPS) is 24.4. The van der Waals surface area contributed by atoms with Gasteiger partial charge in [0.15, 0.2) is 0 Å². The SMILES string of the molecule is Cc1cc(C=O)ccc1OC1CCCC(C)C1. The first kappa shape index (κ1) is 12.2. The number of rotatable bonds is 3. The molecular formula is C15H20O2. The average Bonchev–Trinajstić information content (AvgIpc) is 2.32. The third-order valence-electron chi connectivity index (χ3n) is 3.52. The van der Waals surface area contributed by atoms with Gasteiger partial charge in [0, 0.05) is 5.56 Å².